The second-order valence-corrected chi connectivity index (χ2v) is 8.10. The highest BCUT2D eigenvalue weighted by Gasteiger charge is 2.16. The molecule has 0 bridgehead atoms. The molecular formula is C26H24N6O2. The van der Waals surface area contributed by atoms with E-state index in [0.29, 0.717) is 17.9 Å². The molecule has 0 saturated carbocycles. The summed E-state index contributed by atoms with van der Waals surface area (Å²) in [4.78, 5) is 17.0. The number of hydrogen-bond acceptors (Lipinski definition) is 6. The van der Waals surface area contributed by atoms with E-state index in [1.165, 1.54) is 7.11 Å². The first-order valence-electron chi connectivity index (χ1n) is 11.1. The van der Waals surface area contributed by atoms with Gasteiger partial charge < -0.3 is 9.30 Å². The number of imidazole rings is 1. The number of H-pyrrole nitrogens is 1. The number of carbonyl (C=O) groups is 1. The summed E-state index contributed by atoms with van der Waals surface area (Å²) in [6, 6.07) is 20.1. The van der Waals surface area contributed by atoms with Gasteiger partial charge in [-0.3, -0.25) is 0 Å². The number of nitrogens with one attached hydrogen (secondary N) is 1. The molecule has 0 radical (unpaired) electrons. The zero-order valence-corrected chi connectivity index (χ0v) is 19.2. The van der Waals surface area contributed by atoms with E-state index in [0.717, 1.165) is 51.1 Å². The first-order chi connectivity index (χ1) is 16.6. The van der Waals surface area contributed by atoms with E-state index in [4.69, 9.17) is 9.72 Å². The van der Waals surface area contributed by atoms with Crippen LogP contribution >= 0.6 is 0 Å². The summed E-state index contributed by atoms with van der Waals surface area (Å²) in [5, 5.41) is 14.5. The SMILES string of the molecule is CCc1nc2c(C)cc(C(=O)OC)cc2n1Cc1ccc(-c2ccccc2-c2nn[nH]n2)cc1. The van der Waals surface area contributed by atoms with Crippen molar-refractivity contribution in [2.45, 2.75) is 26.8 Å². The predicted octanol–water partition coefficient (Wildman–Crippen LogP) is 4.59. The summed E-state index contributed by atoms with van der Waals surface area (Å²) < 4.78 is 7.12. The highest BCUT2D eigenvalue weighted by atomic mass is 16.5. The Morgan fingerprint density at radius 2 is 1.82 bits per heavy atom. The Balaban J connectivity index is 1.51. The number of aryl methyl sites for hydroxylation is 2. The van der Waals surface area contributed by atoms with E-state index in [-0.39, 0.29) is 5.97 Å². The lowest BCUT2D eigenvalue weighted by Crippen LogP contribution is -2.06. The molecule has 8 heteroatoms. The number of rotatable bonds is 6. The summed E-state index contributed by atoms with van der Waals surface area (Å²) in [7, 11) is 1.40. The lowest BCUT2D eigenvalue weighted by molar-refractivity contribution is 0.0601. The van der Waals surface area contributed by atoms with Crippen molar-refractivity contribution in [1.82, 2.24) is 30.2 Å². The van der Waals surface area contributed by atoms with E-state index in [1.807, 2.05) is 37.3 Å². The van der Waals surface area contributed by atoms with Crippen LogP contribution in [0.1, 0.15) is 34.2 Å². The van der Waals surface area contributed by atoms with Crippen LogP contribution in [0.3, 0.4) is 0 Å². The minimum atomic E-state index is -0.347. The molecule has 2 heterocycles. The van der Waals surface area contributed by atoms with Crippen molar-refractivity contribution in [2.24, 2.45) is 0 Å². The minimum Gasteiger partial charge on any atom is -0.465 e. The topological polar surface area (TPSA) is 98.6 Å². The number of carbonyl (C=O) groups excluding carboxylic acids is 1. The third-order valence-corrected chi connectivity index (χ3v) is 5.98. The molecule has 34 heavy (non-hydrogen) atoms. The van der Waals surface area contributed by atoms with E-state index < -0.39 is 0 Å². The summed E-state index contributed by atoms with van der Waals surface area (Å²) in [5.74, 6) is 1.20. The summed E-state index contributed by atoms with van der Waals surface area (Å²) in [5.41, 5.74) is 7.50. The largest absolute Gasteiger partial charge is 0.465 e. The van der Waals surface area contributed by atoms with Crippen LogP contribution in [0, 0.1) is 6.92 Å². The van der Waals surface area contributed by atoms with Crippen LogP contribution in [-0.4, -0.2) is 43.3 Å². The molecule has 0 aliphatic heterocycles. The molecule has 5 rings (SSSR count). The van der Waals surface area contributed by atoms with Gasteiger partial charge in [0.1, 0.15) is 5.82 Å². The molecule has 3 aromatic carbocycles. The highest BCUT2D eigenvalue weighted by Crippen LogP contribution is 2.30. The average molecular weight is 453 g/mol. The Morgan fingerprint density at radius 1 is 1.06 bits per heavy atom. The maximum absolute atomic E-state index is 12.2. The number of nitrogens with zero attached hydrogens (tertiary/aromatic N) is 5. The van der Waals surface area contributed by atoms with Gasteiger partial charge in [-0.2, -0.15) is 5.21 Å². The van der Waals surface area contributed by atoms with Crippen LogP contribution in [0.25, 0.3) is 33.5 Å². The third-order valence-electron chi connectivity index (χ3n) is 5.98. The van der Waals surface area contributed by atoms with Crippen molar-refractivity contribution in [3.8, 4) is 22.5 Å². The Labute approximate surface area is 196 Å². The molecule has 2 aromatic heterocycles. The second-order valence-electron chi connectivity index (χ2n) is 8.10. The predicted molar refractivity (Wildman–Crippen MR) is 129 cm³/mol. The van der Waals surface area contributed by atoms with Crippen LogP contribution < -0.4 is 0 Å². The second kappa shape index (κ2) is 8.90. The highest BCUT2D eigenvalue weighted by molar-refractivity contribution is 5.95. The van der Waals surface area contributed by atoms with E-state index in [9.17, 15) is 4.79 Å². The van der Waals surface area contributed by atoms with E-state index in [2.05, 4.69) is 62.4 Å². The zero-order chi connectivity index (χ0) is 23.7. The fourth-order valence-corrected chi connectivity index (χ4v) is 4.30. The van der Waals surface area contributed by atoms with Gasteiger partial charge in [0.05, 0.1) is 23.7 Å². The van der Waals surface area contributed by atoms with Gasteiger partial charge in [-0.15, -0.1) is 10.2 Å². The number of benzene rings is 3. The Morgan fingerprint density at radius 3 is 2.50 bits per heavy atom. The smallest absolute Gasteiger partial charge is 0.337 e. The fraction of sp³-hybridized carbons (Fsp3) is 0.192. The number of fused-ring (bicyclic) bond motifs is 1. The van der Waals surface area contributed by atoms with Gasteiger partial charge in [0, 0.05) is 18.5 Å². The van der Waals surface area contributed by atoms with E-state index in [1.54, 1.807) is 0 Å². The number of methoxy groups -OCH3 is 1. The number of tetrazole rings is 1. The molecule has 0 atom stereocenters. The molecule has 0 saturated heterocycles. The molecule has 0 aliphatic rings. The standard InChI is InChI=1S/C26H24N6O2/c1-4-23-27-24-16(2)13-19(26(33)34-3)14-22(24)32(23)15-17-9-11-18(12-10-17)20-7-5-6-8-21(20)25-28-30-31-29-25/h5-14H,4,15H2,1-3H3,(H,28,29,30,31). The van der Waals surface area contributed by atoms with Crippen molar-refractivity contribution < 1.29 is 9.53 Å². The van der Waals surface area contributed by atoms with Crippen molar-refractivity contribution >= 4 is 17.0 Å². The van der Waals surface area contributed by atoms with Gasteiger partial charge in [0.2, 0.25) is 5.82 Å². The molecule has 0 unspecified atom stereocenters. The van der Waals surface area contributed by atoms with Crippen molar-refractivity contribution in [2.75, 3.05) is 7.11 Å². The van der Waals surface area contributed by atoms with Gasteiger partial charge in [0.25, 0.3) is 0 Å². The average Bonchev–Trinajstić information content (AvgIpc) is 3.53. The van der Waals surface area contributed by atoms with Crippen molar-refractivity contribution in [1.29, 1.82) is 0 Å². The lowest BCUT2D eigenvalue weighted by atomic mass is 9.98. The minimum absolute atomic E-state index is 0.347. The van der Waals surface area contributed by atoms with Gasteiger partial charge in [0.15, 0.2) is 0 Å². The molecule has 5 aromatic rings. The normalized spacial score (nSPS) is 11.1. The number of hydrogen-bond donors (Lipinski definition) is 1. The summed E-state index contributed by atoms with van der Waals surface area (Å²) >= 11 is 0. The fourth-order valence-electron chi connectivity index (χ4n) is 4.30. The maximum atomic E-state index is 12.2. The van der Waals surface area contributed by atoms with Gasteiger partial charge in [-0.1, -0.05) is 55.5 Å². The van der Waals surface area contributed by atoms with Crippen LogP contribution in [-0.2, 0) is 17.7 Å². The first kappa shape index (κ1) is 21.5. The molecule has 0 spiro atoms. The maximum Gasteiger partial charge on any atom is 0.337 e. The quantitative estimate of drug-likeness (QED) is 0.379. The Hall–Kier alpha value is -4.33. The van der Waals surface area contributed by atoms with Crippen LogP contribution in [0.15, 0.2) is 60.7 Å². The molecule has 0 aliphatic carbocycles. The van der Waals surface area contributed by atoms with Crippen LogP contribution in [0.5, 0.6) is 0 Å². The molecule has 170 valence electrons. The summed E-state index contributed by atoms with van der Waals surface area (Å²) in [6.07, 6.45) is 0.790. The lowest BCUT2D eigenvalue weighted by Gasteiger charge is -2.11. The van der Waals surface area contributed by atoms with Crippen LogP contribution in [0.2, 0.25) is 0 Å². The molecular weight excluding hydrogens is 428 g/mol. The van der Waals surface area contributed by atoms with Gasteiger partial charge in [-0.05, 0) is 46.5 Å². The summed E-state index contributed by atoms with van der Waals surface area (Å²) in [6.45, 7) is 4.71. The molecule has 8 nitrogen and oxygen atoms in total. The number of esters is 1. The Bertz CT molecular complexity index is 1470. The van der Waals surface area contributed by atoms with Gasteiger partial charge in [-0.25, -0.2) is 9.78 Å². The number of aromatic amines is 1. The first-order valence-corrected chi connectivity index (χ1v) is 11.1. The monoisotopic (exact) mass is 452 g/mol. The molecule has 0 fully saturated rings. The zero-order valence-electron chi connectivity index (χ0n) is 19.2. The van der Waals surface area contributed by atoms with Crippen molar-refractivity contribution in [3.05, 3.63) is 83.2 Å². The van der Waals surface area contributed by atoms with Gasteiger partial charge >= 0.3 is 5.97 Å². The third kappa shape index (κ3) is 3.83. The van der Waals surface area contributed by atoms with E-state index >= 15 is 0 Å². The number of ether oxygens (including phenoxy) is 1. The molecule has 0 amide bonds. The number of aromatic nitrogens is 6. The van der Waals surface area contributed by atoms with Crippen LogP contribution in [0.4, 0.5) is 0 Å². The molecule has 1 N–H and O–H groups in total. The Kier molecular flexibility index (Phi) is 5.63. The van der Waals surface area contributed by atoms with Crippen molar-refractivity contribution in [3.63, 3.8) is 0 Å².